The highest BCUT2D eigenvalue weighted by molar-refractivity contribution is 7.98. The van der Waals surface area contributed by atoms with E-state index in [1.807, 2.05) is 20.1 Å². The van der Waals surface area contributed by atoms with E-state index in [4.69, 9.17) is 5.84 Å². The van der Waals surface area contributed by atoms with Crippen LogP contribution < -0.4 is 11.3 Å². The first-order valence-electron chi connectivity index (χ1n) is 3.70. The van der Waals surface area contributed by atoms with E-state index in [1.54, 1.807) is 12.3 Å². The van der Waals surface area contributed by atoms with Gasteiger partial charge in [-0.05, 0) is 6.26 Å². The van der Waals surface area contributed by atoms with Crippen molar-refractivity contribution in [3.63, 3.8) is 0 Å². The predicted molar refractivity (Wildman–Crippen MR) is 53.0 cm³/mol. The van der Waals surface area contributed by atoms with Crippen molar-refractivity contribution in [1.82, 2.24) is 9.97 Å². The van der Waals surface area contributed by atoms with Gasteiger partial charge in [0.1, 0.15) is 5.82 Å². The molecule has 0 saturated heterocycles. The molecule has 3 N–H and O–H groups in total. The van der Waals surface area contributed by atoms with Crippen molar-refractivity contribution in [3.8, 4) is 0 Å². The molecular formula is C7H14N4S. The van der Waals surface area contributed by atoms with Crippen LogP contribution in [0.15, 0.2) is 17.4 Å². The van der Waals surface area contributed by atoms with E-state index in [0.29, 0.717) is 5.82 Å². The average molecular weight is 186 g/mol. The Labute approximate surface area is 77.0 Å². The third-order valence-electron chi connectivity index (χ3n) is 0.964. The van der Waals surface area contributed by atoms with Gasteiger partial charge in [0.15, 0.2) is 5.16 Å². The summed E-state index contributed by atoms with van der Waals surface area (Å²) in [5, 5.41) is 0.718. The van der Waals surface area contributed by atoms with Gasteiger partial charge >= 0.3 is 0 Å². The van der Waals surface area contributed by atoms with Crippen molar-refractivity contribution >= 4 is 17.6 Å². The molecule has 1 rings (SSSR count). The van der Waals surface area contributed by atoms with Crippen molar-refractivity contribution in [2.45, 2.75) is 19.0 Å². The Morgan fingerprint density at radius 1 is 1.50 bits per heavy atom. The van der Waals surface area contributed by atoms with Crippen LogP contribution in [-0.4, -0.2) is 16.2 Å². The number of hydrogen-bond donors (Lipinski definition) is 2. The lowest BCUT2D eigenvalue weighted by Gasteiger charge is -1.97. The third-order valence-corrected chi connectivity index (χ3v) is 1.53. The second-order valence-corrected chi connectivity index (χ2v) is 2.35. The molecular weight excluding hydrogens is 172 g/mol. The highest BCUT2D eigenvalue weighted by Crippen LogP contribution is 2.08. The molecule has 0 bridgehead atoms. The summed E-state index contributed by atoms with van der Waals surface area (Å²) in [6, 6.07) is 1.71. The third kappa shape index (κ3) is 3.54. The number of nitrogens with one attached hydrogen (secondary N) is 1. The van der Waals surface area contributed by atoms with Gasteiger partial charge < -0.3 is 5.43 Å². The van der Waals surface area contributed by atoms with Gasteiger partial charge in [-0.1, -0.05) is 25.6 Å². The molecule has 1 heterocycles. The SMILES string of the molecule is CC.CSc1nccc(NN)n1. The van der Waals surface area contributed by atoms with Crippen LogP contribution in [0.2, 0.25) is 0 Å². The molecule has 0 fully saturated rings. The van der Waals surface area contributed by atoms with Gasteiger partial charge in [0.05, 0.1) is 0 Å². The van der Waals surface area contributed by atoms with E-state index in [-0.39, 0.29) is 0 Å². The van der Waals surface area contributed by atoms with E-state index in [0.717, 1.165) is 5.16 Å². The zero-order chi connectivity index (χ0) is 9.40. The Bertz CT molecular complexity index is 197. The zero-order valence-corrected chi connectivity index (χ0v) is 8.35. The summed E-state index contributed by atoms with van der Waals surface area (Å²) in [5.74, 6) is 5.76. The fourth-order valence-electron chi connectivity index (χ4n) is 0.520. The van der Waals surface area contributed by atoms with Crippen LogP contribution in [0.3, 0.4) is 0 Å². The Morgan fingerprint density at radius 2 is 2.17 bits per heavy atom. The number of nitrogen functional groups attached to an aromatic ring is 1. The minimum Gasteiger partial charge on any atom is -0.308 e. The maximum Gasteiger partial charge on any atom is 0.189 e. The molecule has 0 amide bonds. The van der Waals surface area contributed by atoms with Gasteiger partial charge in [-0.15, -0.1) is 0 Å². The standard InChI is InChI=1S/C5H8N4S.C2H6/c1-10-5-7-3-2-4(8-5)9-6;1-2/h2-3H,6H2,1H3,(H,7,8,9);1-2H3. The molecule has 0 aliphatic rings. The van der Waals surface area contributed by atoms with Gasteiger partial charge in [-0.3, -0.25) is 0 Å². The minimum atomic E-state index is 0.638. The number of nitrogens with two attached hydrogens (primary N) is 1. The normalized spacial score (nSPS) is 8.33. The lowest BCUT2D eigenvalue weighted by molar-refractivity contribution is 0.966. The molecule has 5 heteroatoms. The van der Waals surface area contributed by atoms with Gasteiger partial charge in [0, 0.05) is 12.3 Å². The van der Waals surface area contributed by atoms with E-state index < -0.39 is 0 Å². The minimum absolute atomic E-state index is 0.638. The van der Waals surface area contributed by atoms with Gasteiger partial charge in [-0.2, -0.15) is 0 Å². The fourth-order valence-corrected chi connectivity index (χ4v) is 0.875. The van der Waals surface area contributed by atoms with E-state index >= 15 is 0 Å². The Morgan fingerprint density at radius 3 is 2.67 bits per heavy atom. The first-order valence-corrected chi connectivity index (χ1v) is 4.93. The van der Waals surface area contributed by atoms with Crippen molar-refractivity contribution in [2.75, 3.05) is 11.7 Å². The quantitative estimate of drug-likeness (QED) is 0.317. The molecule has 0 spiro atoms. The highest BCUT2D eigenvalue weighted by atomic mass is 32.2. The molecule has 4 nitrogen and oxygen atoms in total. The molecule has 0 radical (unpaired) electrons. The molecule has 0 aromatic carbocycles. The Hall–Kier alpha value is -0.810. The Kier molecular flexibility index (Phi) is 6.41. The molecule has 68 valence electrons. The van der Waals surface area contributed by atoms with Crippen LogP contribution in [0.25, 0.3) is 0 Å². The summed E-state index contributed by atoms with van der Waals surface area (Å²) in [7, 11) is 0. The summed E-state index contributed by atoms with van der Waals surface area (Å²) in [6.45, 7) is 4.00. The average Bonchev–Trinajstić information content (AvgIpc) is 2.21. The van der Waals surface area contributed by atoms with Gasteiger partial charge in [0.2, 0.25) is 0 Å². The summed E-state index contributed by atoms with van der Waals surface area (Å²) >= 11 is 1.48. The highest BCUT2D eigenvalue weighted by Gasteiger charge is 1.93. The van der Waals surface area contributed by atoms with E-state index in [1.165, 1.54) is 11.8 Å². The van der Waals surface area contributed by atoms with Crippen LogP contribution >= 0.6 is 11.8 Å². The monoisotopic (exact) mass is 186 g/mol. The van der Waals surface area contributed by atoms with Gasteiger partial charge in [0.25, 0.3) is 0 Å². The first kappa shape index (κ1) is 11.2. The molecule has 12 heavy (non-hydrogen) atoms. The molecule has 0 unspecified atom stereocenters. The zero-order valence-electron chi connectivity index (χ0n) is 7.53. The maximum atomic E-state index is 5.12. The second kappa shape index (κ2) is 6.87. The molecule has 0 atom stereocenters. The predicted octanol–water partition coefficient (Wildman–Crippen LogP) is 1.51. The van der Waals surface area contributed by atoms with Crippen molar-refractivity contribution in [2.24, 2.45) is 5.84 Å². The Balaban J connectivity index is 0.000000561. The van der Waals surface area contributed by atoms with Crippen LogP contribution in [-0.2, 0) is 0 Å². The van der Waals surface area contributed by atoms with Gasteiger partial charge in [-0.25, -0.2) is 15.8 Å². The van der Waals surface area contributed by atoms with Crippen molar-refractivity contribution in [3.05, 3.63) is 12.3 Å². The maximum absolute atomic E-state index is 5.12. The summed E-state index contributed by atoms with van der Waals surface area (Å²) in [4.78, 5) is 7.99. The summed E-state index contributed by atoms with van der Waals surface area (Å²) in [6.07, 6.45) is 3.57. The number of hydrogen-bond acceptors (Lipinski definition) is 5. The van der Waals surface area contributed by atoms with Crippen LogP contribution in [0.1, 0.15) is 13.8 Å². The number of nitrogens with zero attached hydrogens (tertiary/aromatic N) is 2. The molecule has 1 aromatic heterocycles. The lowest BCUT2D eigenvalue weighted by Crippen LogP contribution is -2.08. The van der Waals surface area contributed by atoms with Crippen LogP contribution in [0.5, 0.6) is 0 Å². The summed E-state index contributed by atoms with van der Waals surface area (Å²) in [5.41, 5.74) is 2.44. The fraction of sp³-hybridized carbons (Fsp3) is 0.429. The van der Waals surface area contributed by atoms with E-state index in [9.17, 15) is 0 Å². The van der Waals surface area contributed by atoms with Crippen LogP contribution in [0, 0.1) is 0 Å². The van der Waals surface area contributed by atoms with Crippen molar-refractivity contribution < 1.29 is 0 Å². The number of rotatable bonds is 2. The lowest BCUT2D eigenvalue weighted by atomic mass is 10.6. The molecule has 1 aromatic rings. The number of hydrazine groups is 1. The number of anilines is 1. The summed E-state index contributed by atoms with van der Waals surface area (Å²) < 4.78 is 0. The number of thioether (sulfide) groups is 1. The molecule has 0 aliphatic carbocycles. The largest absolute Gasteiger partial charge is 0.308 e. The first-order chi connectivity index (χ1) is 5.86. The van der Waals surface area contributed by atoms with Crippen molar-refractivity contribution in [1.29, 1.82) is 0 Å². The number of aromatic nitrogens is 2. The van der Waals surface area contributed by atoms with Crippen LogP contribution in [0.4, 0.5) is 5.82 Å². The smallest absolute Gasteiger partial charge is 0.189 e. The van der Waals surface area contributed by atoms with E-state index in [2.05, 4.69) is 15.4 Å². The molecule has 0 saturated carbocycles. The topological polar surface area (TPSA) is 63.8 Å². The second-order valence-electron chi connectivity index (χ2n) is 1.57. The molecule has 0 aliphatic heterocycles.